The first-order valence-electron chi connectivity index (χ1n) is 11.7. The van der Waals surface area contributed by atoms with Crippen LogP contribution in [-0.2, 0) is 21.7 Å². The van der Waals surface area contributed by atoms with Crippen LogP contribution in [0, 0.1) is 6.92 Å². The number of rotatable bonds is 11. The number of hydrogen-bond acceptors (Lipinski definition) is 7. The highest BCUT2D eigenvalue weighted by Crippen LogP contribution is 2.30. The number of aromatic amines is 1. The highest BCUT2D eigenvalue weighted by molar-refractivity contribution is 8.00. The molecule has 8 heteroatoms. The van der Waals surface area contributed by atoms with Gasteiger partial charge in [0.25, 0.3) is 0 Å². The number of benzene rings is 2. The highest BCUT2D eigenvalue weighted by Gasteiger charge is 2.23. The van der Waals surface area contributed by atoms with E-state index < -0.39 is 6.04 Å². The lowest BCUT2D eigenvalue weighted by atomic mass is 10.1. The predicted molar refractivity (Wildman–Crippen MR) is 144 cm³/mol. The second-order valence-electron chi connectivity index (χ2n) is 8.15. The summed E-state index contributed by atoms with van der Waals surface area (Å²) < 4.78 is 5.33. The lowest BCUT2D eigenvalue weighted by molar-refractivity contribution is -0.145. The van der Waals surface area contributed by atoms with E-state index in [-0.39, 0.29) is 11.3 Å². The number of thioether (sulfide) groups is 2. The van der Waals surface area contributed by atoms with Gasteiger partial charge in [0.15, 0.2) is 5.16 Å². The summed E-state index contributed by atoms with van der Waals surface area (Å²) in [6, 6.07) is 19.7. The van der Waals surface area contributed by atoms with Gasteiger partial charge in [0.05, 0.1) is 28.7 Å². The van der Waals surface area contributed by atoms with E-state index in [9.17, 15) is 4.79 Å². The van der Waals surface area contributed by atoms with Crippen molar-refractivity contribution in [3.8, 4) is 0 Å². The van der Waals surface area contributed by atoms with E-state index in [2.05, 4.69) is 34.1 Å². The summed E-state index contributed by atoms with van der Waals surface area (Å²) in [5.74, 6) is 0.500. The first kappa shape index (κ1) is 25.3. The van der Waals surface area contributed by atoms with Gasteiger partial charge in [0.1, 0.15) is 6.04 Å². The lowest BCUT2D eigenvalue weighted by Crippen LogP contribution is -2.43. The molecule has 0 aliphatic heterocycles. The molecule has 6 nitrogen and oxygen atoms in total. The number of carbonyl (C=O) groups is 1. The Morgan fingerprint density at radius 1 is 1.11 bits per heavy atom. The molecule has 0 fully saturated rings. The average molecular weight is 507 g/mol. The van der Waals surface area contributed by atoms with Gasteiger partial charge in [-0.1, -0.05) is 54.2 Å². The molecule has 2 aromatic carbocycles. The van der Waals surface area contributed by atoms with Gasteiger partial charge in [-0.3, -0.25) is 15.1 Å². The smallest absolute Gasteiger partial charge is 0.323 e. The molecule has 4 rings (SSSR count). The SMILES string of the molecule is CCOC(=O)C(Cc1ccccc1)NC(C)Sc1ccnc(CSc2nc3ccccc3[nH]2)c1C. The Morgan fingerprint density at radius 3 is 2.66 bits per heavy atom. The molecule has 2 atom stereocenters. The first-order chi connectivity index (χ1) is 17.0. The van der Waals surface area contributed by atoms with Gasteiger partial charge in [-0.05, 0) is 56.5 Å². The van der Waals surface area contributed by atoms with Crippen molar-refractivity contribution in [1.82, 2.24) is 20.3 Å². The minimum Gasteiger partial charge on any atom is -0.465 e. The Hall–Kier alpha value is -2.81. The summed E-state index contributed by atoms with van der Waals surface area (Å²) in [6.45, 7) is 6.37. The number of para-hydroxylation sites is 2. The number of aromatic nitrogens is 3. The Balaban J connectivity index is 1.40. The number of nitrogens with zero attached hydrogens (tertiary/aromatic N) is 2. The van der Waals surface area contributed by atoms with Gasteiger partial charge < -0.3 is 9.72 Å². The summed E-state index contributed by atoms with van der Waals surface area (Å²) in [5, 5.41) is 4.36. The maximum atomic E-state index is 12.6. The quantitative estimate of drug-likeness (QED) is 0.152. The molecule has 0 saturated heterocycles. The standard InChI is InChI=1S/C27H30N4O2S2/c1-4-33-26(32)23(16-20-10-6-5-7-11-20)29-19(3)35-25-14-15-28-24(18(25)2)17-34-27-30-21-12-8-9-13-22(21)31-27/h5-15,19,23,29H,4,16-17H2,1-3H3,(H,30,31). The summed E-state index contributed by atoms with van der Waals surface area (Å²) in [7, 11) is 0. The van der Waals surface area contributed by atoms with Crippen molar-refractivity contribution in [3.63, 3.8) is 0 Å². The van der Waals surface area contributed by atoms with Crippen molar-refractivity contribution in [1.29, 1.82) is 0 Å². The van der Waals surface area contributed by atoms with E-state index in [1.54, 1.807) is 23.5 Å². The first-order valence-corrected chi connectivity index (χ1v) is 13.5. The molecule has 0 bridgehead atoms. The molecule has 182 valence electrons. The fourth-order valence-electron chi connectivity index (χ4n) is 3.78. The monoisotopic (exact) mass is 506 g/mol. The van der Waals surface area contributed by atoms with Crippen LogP contribution in [0.25, 0.3) is 11.0 Å². The minimum absolute atomic E-state index is 0.00472. The molecule has 2 heterocycles. The lowest BCUT2D eigenvalue weighted by Gasteiger charge is -2.22. The molecule has 0 aliphatic carbocycles. The number of esters is 1. The van der Waals surface area contributed by atoms with Crippen LogP contribution in [0.15, 0.2) is 76.9 Å². The molecule has 35 heavy (non-hydrogen) atoms. The van der Waals surface area contributed by atoms with E-state index in [1.807, 2.05) is 73.8 Å². The van der Waals surface area contributed by atoms with Crippen LogP contribution < -0.4 is 5.32 Å². The van der Waals surface area contributed by atoms with Crippen molar-refractivity contribution >= 4 is 40.5 Å². The molecular weight excluding hydrogens is 476 g/mol. The Morgan fingerprint density at radius 2 is 1.89 bits per heavy atom. The summed E-state index contributed by atoms with van der Waals surface area (Å²) in [4.78, 5) is 26.4. The molecule has 2 unspecified atom stereocenters. The van der Waals surface area contributed by atoms with Gasteiger partial charge in [0, 0.05) is 16.8 Å². The van der Waals surface area contributed by atoms with Gasteiger partial charge in [-0.2, -0.15) is 0 Å². The Kier molecular flexibility index (Phi) is 8.84. The van der Waals surface area contributed by atoms with Crippen molar-refractivity contribution in [2.24, 2.45) is 0 Å². The molecule has 0 aliphatic rings. The predicted octanol–water partition coefficient (Wildman–Crippen LogP) is 5.76. The number of carbonyl (C=O) groups excluding carboxylic acids is 1. The fraction of sp³-hybridized carbons (Fsp3) is 0.296. The zero-order valence-electron chi connectivity index (χ0n) is 20.2. The molecule has 0 amide bonds. The molecule has 0 spiro atoms. The molecular formula is C27H30N4O2S2. The second-order valence-corrected chi connectivity index (χ2v) is 10.5. The van der Waals surface area contributed by atoms with Crippen LogP contribution in [0.1, 0.15) is 30.7 Å². The van der Waals surface area contributed by atoms with Crippen LogP contribution in [0.5, 0.6) is 0 Å². The van der Waals surface area contributed by atoms with Gasteiger partial charge in [0.2, 0.25) is 0 Å². The third-order valence-corrected chi connectivity index (χ3v) is 7.64. The number of imidazole rings is 1. The van der Waals surface area contributed by atoms with Crippen molar-refractivity contribution in [3.05, 3.63) is 83.7 Å². The van der Waals surface area contributed by atoms with Crippen molar-refractivity contribution in [2.45, 2.75) is 54.4 Å². The average Bonchev–Trinajstić information content (AvgIpc) is 3.28. The maximum absolute atomic E-state index is 12.6. The Labute approximate surface area is 214 Å². The van der Waals surface area contributed by atoms with Crippen molar-refractivity contribution in [2.75, 3.05) is 6.61 Å². The zero-order valence-corrected chi connectivity index (χ0v) is 21.8. The van der Waals surface area contributed by atoms with Crippen LogP contribution in [0.4, 0.5) is 0 Å². The number of hydrogen-bond donors (Lipinski definition) is 2. The van der Waals surface area contributed by atoms with Gasteiger partial charge in [-0.15, -0.1) is 11.8 Å². The van der Waals surface area contributed by atoms with Crippen LogP contribution in [0.2, 0.25) is 0 Å². The van der Waals surface area contributed by atoms with E-state index in [1.165, 1.54) is 0 Å². The van der Waals surface area contributed by atoms with Gasteiger partial charge >= 0.3 is 5.97 Å². The van der Waals surface area contributed by atoms with Gasteiger partial charge in [-0.25, -0.2) is 4.98 Å². The van der Waals surface area contributed by atoms with E-state index in [0.29, 0.717) is 13.0 Å². The maximum Gasteiger partial charge on any atom is 0.323 e. The van der Waals surface area contributed by atoms with Crippen LogP contribution in [0.3, 0.4) is 0 Å². The summed E-state index contributed by atoms with van der Waals surface area (Å²) >= 11 is 3.34. The number of fused-ring (bicyclic) bond motifs is 1. The Bertz CT molecular complexity index is 1230. The second kappa shape index (κ2) is 12.2. The number of nitrogens with one attached hydrogen (secondary N) is 2. The van der Waals surface area contributed by atoms with E-state index >= 15 is 0 Å². The third-order valence-electron chi connectivity index (χ3n) is 5.57. The number of pyridine rings is 1. The summed E-state index contributed by atoms with van der Waals surface area (Å²) in [6.07, 6.45) is 2.43. The van der Waals surface area contributed by atoms with E-state index in [0.717, 1.165) is 43.7 Å². The largest absolute Gasteiger partial charge is 0.465 e. The molecule has 2 aromatic heterocycles. The zero-order chi connectivity index (χ0) is 24.6. The molecule has 0 saturated carbocycles. The van der Waals surface area contributed by atoms with Crippen LogP contribution >= 0.6 is 23.5 Å². The van der Waals surface area contributed by atoms with Crippen molar-refractivity contribution < 1.29 is 9.53 Å². The number of H-pyrrole nitrogens is 1. The number of ether oxygens (including phenoxy) is 1. The minimum atomic E-state index is -0.412. The third kappa shape index (κ3) is 6.87. The topological polar surface area (TPSA) is 79.9 Å². The summed E-state index contributed by atoms with van der Waals surface area (Å²) in [5.41, 5.74) is 5.27. The molecule has 0 radical (unpaired) electrons. The van der Waals surface area contributed by atoms with E-state index in [4.69, 9.17) is 4.74 Å². The fourth-order valence-corrected chi connectivity index (χ4v) is 5.73. The van der Waals surface area contributed by atoms with Crippen LogP contribution in [-0.4, -0.2) is 38.9 Å². The highest BCUT2D eigenvalue weighted by atomic mass is 32.2. The molecule has 2 N–H and O–H groups in total. The normalized spacial score (nSPS) is 13.0. The molecule has 4 aromatic rings.